The predicted octanol–water partition coefficient (Wildman–Crippen LogP) is 3.27. The SMILES string of the molecule is CCCSCC(O)Cc1c(Br)c(CC)nn1CC. The average Bonchev–Trinajstić information content (AvgIpc) is 2.66. The van der Waals surface area contributed by atoms with E-state index < -0.39 is 0 Å². The molecule has 1 atom stereocenters. The molecule has 0 aliphatic carbocycles. The minimum Gasteiger partial charge on any atom is -0.392 e. The molecule has 1 N–H and O–H groups in total. The lowest BCUT2D eigenvalue weighted by Gasteiger charge is -2.11. The number of aliphatic hydroxyl groups excluding tert-OH is 1. The van der Waals surface area contributed by atoms with E-state index in [-0.39, 0.29) is 6.10 Å². The van der Waals surface area contributed by atoms with Crippen molar-refractivity contribution in [3.05, 3.63) is 15.9 Å². The fraction of sp³-hybridized carbons (Fsp3) is 0.769. The molecule has 0 aliphatic rings. The van der Waals surface area contributed by atoms with Crippen LogP contribution < -0.4 is 0 Å². The molecule has 0 saturated heterocycles. The summed E-state index contributed by atoms with van der Waals surface area (Å²) in [6, 6.07) is 0. The standard InChI is InChI=1S/C13H23BrN2OS/c1-4-7-18-9-10(17)8-12-13(14)11(5-2)15-16(12)6-3/h10,17H,4-9H2,1-3H3. The van der Waals surface area contributed by atoms with Crippen LogP contribution in [-0.4, -0.2) is 32.5 Å². The maximum atomic E-state index is 10.1. The first-order valence-electron chi connectivity index (χ1n) is 6.63. The largest absolute Gasteiger partial charge is 0.392 e. The number of aryl methyl sites for hydroxylation is 2. The molecule has 5 heteroatoms. The molecule has 18 heavy (non-hydrogen) atoms. The van der Waals surface area contributed by atoms with Crippen LogP contribution in [0.25, 0.3) is 0 Å². The lowest BCUT2D eigenvalue weighted by Crippen LogP contribution is -2.17. The van der Waals surface area contributed by atoms with Crippen LogP contribution in [0.1, 0.15) is 38.6 Å². The normalized spacial score (nSPS) is 12.9. The van der Waals surface area contributed by atoms with Crippen molar-refractivity contribution in [1.29, 1.82) is 0 Å². The first kappa shape index (κ1) is 16.1. The van der Waals surface area contributed by atoms with Gasteiger partial charge in [-0.15, -0.1) is 0 Å². The van der Waals surface area contributed by atoms with E-state index in [1.54, 1.807) is 0 Å². The highest BCUT2D eigenvalue weighted by atomic mass is 79.9. The number of hydrogen-bond acceptors (Lipinski definition) is 3. The third-order valence-electron chi connectivity index (χ3n) is 2.78. The smallest absolute Gasteiger partial charge is 0.0766 e. The minimum absolute atomic E-state index is 0.287. The van der Waals surface area contributed by atoms with Crippen LogP contribution in [0, 0.1) is 0 Å². The van der Waals surface area contributed by atoms with Crippen LogP contribution in [0.4, 0.5) is 0 Å². The summed E-state index contributed by atoms with van der Waals surface area (Å²) in [7, 11) is 0. The number of aliphatic hydroxyl groups is 1. The van der Waals surface area contributed by atoms with Gasteiger partial charge >= 0.3 is 0 Å². The first-order chi connectivity index (χ1) is 8.63. The zero-order chi connectivity index (χ0) is 13.5. The van der Waals surface area contributed by atoms with Crippen molar-refractivity contribution in [3.63, 3.8) is 0 Å². The molecule has 0 saturated carbocycles. The molecule has 0 aliphatic heterocycles. The van der Waals surface area contributed by atoms with Crippen molar-refractivity contribution in [2.24, 2.45) is 0 Å². The molecule has 1 rings (SSSR count). The molecule has 1 aromatic heterocycles. The van der Waals surface area contributed by atoms with E-state index >= 15 is 0 Å². The third kappa shape index (κ3) is 4.28. The maximum absolute atomic E-state index is 10.1. The van der Waals surface area contributed by atoms with E-state index in [1.165, 1.54) is 0 Å². The fourth-order valence-electron chi connectivity index (χ4n) is 1.86. The fourth-order valence-corrected chi connectivity index (χ4v) is 3.43. The lowest BCUT2D eigenvalue weighted by molar-refractivity contribution is 0.197. The van der Waals surface area contributed by atoms with E-state index in [1.807, 2.05) is 16.4 Å². The second-order valence-corrected chi connectivity index (χ2v) is 6.25. The quantitative estimate of drug-likeness (QED) is 0.741. The van der Waals surface area contributed by atoms with Gasteiger partial charge in [0.05, 0.1) is 22.0 Å². The molecule has 0 aromatic carbocycles. The van der Waals surface area contributed by atoms with Gasteiger partial charge in [-0.05, 0) is 41.4 Å². The molecule has 0 fully saturated rings. The van der Waals surface area contributed by atoms with Crippen molar-refractivity contribution < 1.29 is 5.11 Å². The summed E-state index contributed by atoms with van der Waals surface area (Å²) in [5, 5.41) is 14.6. The Morgan fingerprint density at radius 1 is 1.39 bits per heavy atom. The van der Waals surface area contributed by atoms with E-state index in [9.17, 15) is 5.11 Å². The number of nitrogens with zero attached hydrogens (tertiary/aromatic N) is 2. The van der Waals surface area contributed by atoms with Gasteiger partial charge in [0.25, 0.3) is 0 Å². The molecule has 3 nitrogen and oxygen atoms in total. The zero-order valence-electron chi connectivity index (χ0n) is 11.4. The summed E-state index contributed by atoms with van der Waals surface area (Å²) >= 11 is 5.43. The van der Waals surface area contributed by atoms with Gasteiger partial charge in [0.1, 0.15) is 0 Å². The van der Waals surface area contributed by atoms with E-state index in [0.29, 0.717) is 6.42 Å². The molecule has 0 bridgehead atoms. The molecule has 0 radical (unpaired) electrons. The van der Waals surface area contributed by atoms with Crippen LogP contribution in [0.3, 0.4) is 0 Å². The maximum Gasteiger partial charge on any atom is 0.0766 e. The number of aromatic nitrogens is 2. The Hall–Kier alpha value is 0. The lowest BCUT2D eigenvalue weighted by atomic mass is 10.2. The summed E-state index contributed by atoms with van der Waals surface area (Å²) in [6.45, 7) is 7.20. The molecule has 104 valence electrons. The third-order valence-corrected chi connectivity index (χ3v) is 5.01. The molecular weight excluding hydrogens is 312 g/mol. The highest BCUT2D eigenvalue weighted by Crippen LogP contribution is 2.24. The summed E-state index contributed by atoms with van der Waals surface area (Å²) in [5.41, 5.74) is 2.21. The molecule has 1 heterocycles. The van der Waals surface area contributed by atoms with Crippen molar-refractivity contribution in [1.82, 2.24) is 9.78 Å². The van der Waals surface area contributed by atoms with Crippen LogP contribution >= 0.6 is 27.7 Å². The van der Waals surface area contributed by atoms with Gasteiger partial charge < -0.3 is 5.11 Å². The minimum atomic E-state index is -0.287. The van der Waals surface area contributed by atoms with E-state index in [2.05, 4.69) is 41.8 Å². The summed E-state index contributed by atoms with van der Waals surface area (Å²) in [5.74, 6) is 1.92. The average molecular weight is 335 g/mol. The Balaban J connectivity index is 2.67. The van der Waals surface area contributed by atoms with Crippen LogP contribution in [0.2, 0.25) is 0 Å². The zero-order valence-corrected chi connectivity index (χ0v) is 13.9. The van der Waals surface area contributed by atoms with Gasteiger partial charge in [0.2, 0.25) is 0 Å². The first-order valence-corrected chi connectivity index (χ1v) is 8.58. The van der Waals surface area contributed by atoms with Gasteiger partial charge in [-0.1, -0.05) is 13.8 Å². The van der Waals surface area contributed by atoms with Gasteiger partial charge in [0, 0.05) is 18.7 Å². The van der Waals surface area contributed by atoms with Crippen LogP contribution in [-0.2, 0) is 19.4 Å². The molecule has 0 spiro atoms. The Morgan fingerprint density at radius 2 is 2.11 bits per heavy atom. The highest BCUT2D eigenvalue weighted by molar-refractivity contribution is 9.10. The summed E-state index contributed by atoms with van der Waals surface area (Å²) < 4.78 is 3.07. The van der Waals surface area contributed by atoms with Gasteiger partial charge in [-0.2, -0.15) is 16.9 Å². The number of rotatable bonds is 8. The predicted molar refractivity (Wildman–Crippen MR) is 82.3 cm³/mol. The van der Waals surface area contributed by atoms with Crippen molar-refractivity contribution in [3.8, 4) is 0 Å². The van der Waals surface area contributed by atoms with E-state index in [4.69, 9.17) is 0 Å². The van der Waals surface area contributed by atoms with Gasteiger partial charge in [0.15, 0.2) is 0 Å². The molecule has 1 aromatic rings. The highest BCUT2D eigenvalue weighted by Gasteiger charge is 2.17. The molecule has 1 unspecified atom stereocenters. The van der Waals surface area contributed by atoms with E-state index in [0.717, 1.165) is 46.8 Å². The van der Waals surface area contributed by atoms with Gasteiger partial charge in [-0.25, -0.2) is 0 Å². The second-order valence-electron chi connectivity index (χ2n) is 4.31. The molecule has 0 amide bonds. The second kappa shape index (κ2) is 8.23. The summed E-state index contributed by atoms with van der Waals surface area (Å²) in [6.07, 6.45) is 2.47. The monoisotopic (exact) mass is 334 g/mol. The Labute approximate surface area is 122 Å². The Kier molecular flexibility index (Phi) is 7.34. The van der Waals surface area contributed by atoms with Crippen LogP contribution in [0.15, 0.2) is 4.47 Å². The van der Waals surface area contributed by atoms with Gasteiger partial charge in [-0.3, -0.25) is 4.68 Å². The molecular formula is C13H23BrN2OS. The number of thioether (sulfide) groups is 1. The number of halogens is 1. The number of hydrogen-bond donors (Lipinski definition) is 1. The van der Waals surface area contributed by atoms with Crippen molar-refractivity contribution in [2.75, 3.05) is 11.5 Å². The van der Waals surface area contributed by atoms with Crippen molar-refractivity contribution >= 4 is 27.7 Å². The Bertz CT molecular complexity index is 368. The Morgan fingerprint density at radius 3 is 2.67 bits per heavy atom. The van der Waals surface area contributed by atoms with Crippen LogP contribution in [0.5, 0.6) is 0 Å². The topological polar surface area (TPSA) is 38.1 Å². The van der Waals surface area contributed by atoms with Crippen molar-refractivity contribution in [2.45, 2.75) is 52.7 Å². The summed E-state index contributed by atoms with van der Waals surface area (Å²) in [4.78, 5) is 0.